The molecule has 3 aromatic rings. The normalized spacial score (nSPS) is 10.8. The Morgan fingerprint density at radius 3 is 2.50 bits per heavy atom. The molecule has 0 atom stereocenters. The van der Waals surface area contributed by atoms with E-state index < -0.39 is 5.97 Å². The Morgan fingerprint density at radius 2 is 1.83 bits per heavy atom. The van der Waals surface area contributed by atoms with Gasteiger partial charge >= 0.3 is 5.97 Å². The number of benzene rings is 2. The minimum absolute atomic E-state index is 0.0380. The van der Waals surface area contributed by atoms with Crippen LogP contribution in [0.3, 0.4) is 0 Å². The van der Waals surface area contributed by atoms with E-state index in [1.807, 2.05) is 19.1 Å². The number of fused-ring (bicyclic) bond motifs is 1. The molecular formula is C19H17NO4. The van der Waals surface area contributed by atoms with Crippen molar-refractivity contribution in [3.63, 3.8) is 0 Å². The molecule has 5 heteroatoms. The number of ether oxygens (including phenoxy) is 1. The lowest BCUT2D eigenvalue weighted by Crippen LogP contribution is -2.14. The Kier molecular flexibility index (Phi) is 3.85. The Bertz CT molecular complexity index is 969. The lowest BCUT2D eigenvalue weighted by molar-refractivity contribution is -0.131. The second-order valence-electron chi connectivity index (χ2n) is 5.72. The van der Waals surface area contributed by atoms with E-state index in [1.54, 1.807) is 25.1 Å². The zero-order valence-electron chi connectivity index (χ0n) is 13.7. The number of aromatic nitrogens is 1. The molecule has 24 heavy (non-hydrogen) atoms. The fourth-order valence-electron chi connectivity index (χ4n) is 2.82. The average molecular weight is 323 g/mol. The number of hydrogen-bond donors (Lipinski definition) is 1. The van der Waals surface area contributed by atoms with Gasteiger partial charge in [0.1, 0.15) is 5.75 Å². The molecule has 0 saturated carbocycles. The van der Waals surface area contributed by atoms with Gasteiger partial charge in [0, 0.05) is 17.9 Å². The zero-order chi connectivity index (χ0) is 17.4. The first kappa shape index (κ1) is 15.8. The number of carbonyl (C=O) groups excluding carboxylic acids is 2. The highest BCUT2D eigenvalue weighted by Crippen LogP contribution is 2.35. The Balaban J connectivity index is 2.26. The van der Waals surface area contributed by atoms with Crippen LogP contribution in [0.4, 0.5) is 0 Å². The van der Waals surface area contributed by atoms with Gasteiger partial charge in [-0.2, -0.15) is 0 Å². The lowest BCUT2D eigenvalue weighted by atomic mass is 10.1. The van der Waals surface area contributed by atoms with E-state index in [9.17, 15) is 14.7 Å². The Morgan fingerprint density at radius 1 is 1.08 bits per heavy atom. The SMILES string of the molecule is CC(=O)Oc1c(C)n(C(=O)c2cccc(C)c2)c2ccc(O)cc12. The third kappa shape index (κ3) is 2.65. The number of esters is 1. The van der Waals surface area contributed by atoms with Gasteiger partial charge in [-0.1, -0.05) is 17.7 Å². The highest BCUT2D eigenvalue weighted by atomic mass is 16.5. The smallest absolute Gasteiger partial charge is 0.308 e. The van der Waals surface area contributed by atoms with Gasteiger partial charge in [-0.05, 0) is 44.2 Å². The predicted molar refractivity (Wildman–Crippen MR) is 90.6 cm³/mol. The third-order valence-electron chi connectivity index (χ3n) is 3.84. The number of aromatic hydroxyl groups is 1. The number of nitrogens with zero attached hydrogens (tertiary/aromatic N) is 1. The van der Waals surface area contributed by atoms with Gasteiger partial charge < -0.3 is 9.84 Å². The molecule has 0 fully saturated rings. The van der Waals surface area contributed by atoms with E-state index >= 15 is 0 Å². The maximum absolute atomic E-state index is 13.0. The molecule has 0 amide bonds. The van der Waals surface area contributed by atoms with E-state index in [0.29, 0.717) is 22.2 Å². The number of carbonyl (C=O) groups is 2. The Labute approximate surface area is 139 Å². The van der Waals surface area contributed by atoms with Crippen LogP contribution < -0.4 is 4.74 Å². The molecule has 0 aliphatic heterocycles. The molecule has 1 heterocycles. The summed E-state index contributed by atoms with van der Waals surface area (Å²) < 4.78 is 6.78. The Hall–Kier alpha value is -3.08. The van der Waals surface area contributed by atoms with Crippen LogP contribution in [0.25, 0.3) is 10.9 Å². The summed E-state index contributed by atoms with van der Waals surface area (Å²) in [7, 11) is 0. The quantitative estimate of drug-likeness (QED) is 0.732. The van der Waals surface area contributed by atoms with E-state index in [4.69, 9.17) is 4.74 Å². The summed E-state index contributed by atoms with van der Waals surface area (Å²) in [5.74, 6) is -0.376. The monoisotopic (exact) mass is 323 g/mol. The summed E-state index contributed by atoms with van der Waals surface area (Å²) in [5.41, 5.74) is 2.61. The van der Waals surface area contributed by atoms with Crippen LogP contribution in [0, 0.1) is 13.8 Å². The van der Waals surface area contributed by atoms with Crippen molar-refractivity contribution < 1.29 is 19.4 Å². The standard InChI is InChI=1S/C19H17NO4/c1-11-5-4-6-14(9-11)19(23)20-12(2)18(24-13(3)21)16-10-15(22)7-8-17(16)20/h4-10,22H,1-3H3. The largest absolute Gasteiger partial charge is 0.508 e. The van der Waals surface area contributed by atoms with Gasteiger partial charge in [0.25, 0.3) is 5.91 Å². The molecule has 2 aromatic carbocycles. The molecule has 1 aromatic heterocycles. The summed E-state index contributed by atoms with van der Waals surface area (Å²) in [4.78, 5) is 24.4. The predicted octanol–water partition coefficient (Wildman–Crippen LogP) is 3.58. The van der Waals surface area contributed by atoms with E-state index in [2.05, 4.69) is 0 Å². The zero-order valence-corrected chi connectivity index (χ0v) is 13.7. The molecule has 0 saturated heterocycles. The minimum atomic E-state index is -0.483. The molecule has 1 N–H and O–H groups in total. The van der Waals surface area contributed by atoms with Crippen LogP contribution in [0.15, 0.2) is 42.5 Å². The van der Waals surface area contributed by atoms with Crippen LogP contribution in [0.2, 0.25) is 0 Å². The molecular weight excluding hydrogens is 306 g/mol. The van der Waals surface area contributed by atoms with Crippen LogP contribution >= 0.6 is 0 Å². The van der Waals surface area contributed by atoms with Gasteiger partial charge in [-0.3, -0.25) is 14.2 Å². The summed E-state index contributed by atoms with van der Waals surface area (Å²) >= 11 is 0. The summed E-state index contributed by atoms with van der Waals surface area (Å²) in [6, 6.07) is 11.9. The van der Waals surface area contributed by atoms with Gasteiger partial charge in [0.05, 0.1) is 11.2 Å². The van der Waals surface area contributed by atoms with Gasteiger partial charge in [-0.15, -0.1) is 0 Å². The van der Waals surface area contributed by atoms with Crippen molar-refractivity contribution in [1.82, 2.24) is 4.57 Å². The van der Waals surface area contributed by atoms with Crippen molar-refractivity contribution in [3.8, 4) is 11.5 Å². The average Bonchev–Trinajstić information content (AvgIpc) is 2.78. The van der Waals surface area contributed by atoms with Gasteiger partial charge in [0.15, 0.2) is 5.75 Å². The number of hydrogen-bond acceptors (Lipinski definition) is 4. The molecule has 5 nitrogen and oxygen atoms in total. The van der Waals surface area contributed by atoms with Crippen molar-refractivity contribution in [2.24, 2.45) is 0 Å². The van der Waals surface area contributed by atoms with E-state index in [0.717, 1.165) is 5.56 Å². The molecule has 0 aliphatic carbocycles. The van der Waals surface area contributed by atoms with Crippen LogP contribution in [-0.4, -0.2) is 21.6 Å². The van der Waals surface area contributed by atoms with Crippen LogP contribution in [0.1, 0.15) is 28.5 Å². The van der Waals surface area contributed by atoms with Crippen molar-refractivity contribution in [1.29, 1.82) is 0 Å². The van der Waals surface area contributed by atoms with Gasteiger partial charge in [-0.25, -0.2) is 0 Å². The first-order chi connectivity index (χ1) is 11.4. The molecule has 0 radical (unpaired) electrons. The second kappa shape index (κ2) is 5.85. The molecule has 3 rings (SSSR count). The molecule has 0 spiro atoms. The highest BCUT2D eigenvalue weighted by Gasteiger charge is 2.22. The van der Waals surface area contributed by atoms with Crippen molar-refractivity contribution in [2.75, 3.05) is 0 Å². The number of rotatable bonds is 2. The molecule has 0 unspecified atom stereocenters. The first-order valence-corrected chi connectivity index (χ1v) is 7.52. The molecule has 122 valence electrons. The number of phenolic OH excluding ortho intramolecular Hbond substituents is 1. The maximum Gasteiger partial charge on any atom is 0.308 e. The van der Waals surface area contributed by atoms with Gasteiger partial charge in [0.2, 0.25) is 0 Å². The van der Waals surface area contributed by atoms with E-state index in [-0.39, 0.29) is 17.4 Å². The molecule has 0 aliphatic rings. The van der Waals surface area contributed by atoms with Crippen molar-refractivity contribution in [2.45, 2.75) is 20.8 Å². The highest BCUT2D eigenvalue weighted by molar-refractivity contribution is 6.05. The summed E-state index contributed by atoms with van der Waals surface area (Å²) in [6.45, 7) is 4.93. The maximum atomic E-state index is 13.0. The minimum Gasteiger partial charge on any atom is -0.508 e. The second-order valence-corrected chi connectivity index (χ2v) is 5.72. The number of aryl methyl sites for hydroxylation is 1. The first-order valence-electron chi connectivity index (χ1n) is 7.52. The fraction of sp³-hybridized carbons (Fsp3) is 0.158. The fourth-order valence-corrected chi connectivity index (χ4v) is 2.82. The lowest BCUT2D eigenvalue weighted by Gasteiger charge is -2.08. The topological polar surface area (TPSA) is 68.5 Å². The van der Waals surface area contributed by atoms with Crippen molar-refractivity contribution in [3.05, 3.63) is 59.3 Å². The molecule has 0 bridgehead atoms. The van der Waals surface area contributed by atoms with Crippen LogP contribution in [0.5, 0.6) is 11.5 Å². The van der Waals surface area contributed by atoms with Crippen molar-refractivity contribution >= 4 is 22.8 Å². The number of phenols is 1. The van der Waals surface area contributed by atoms with Crippen LogP contribution in [-0.2, 0) is 4.79 Å². The summed E-state index contributed by atoms with van der Waals surface area (Å²) in [6.07, 6.45) is 0. The van der Waals surface area contributed by atoms with E-state index in [1.165, 1.54) is 23.6 Å². The third-order valence-corrected chi connectivity index (χ3v) is 3.84. The summed E-state index contributed by atoms with van der Waals surface area (Å²) in [5, 5.41) is 10.3.